The van der Waals surface area contributed by atoms with Crippen molar-refractivity contribution >= 4 is 5.78 Å². The van der Waals surface area contributed by atoms with E-state index in [1.807, 2.05) is 18.2 Å². The molecule has 0 aromatic heterocycles. The summed E-state index contributed by atoms with van der Waals surface area (Å²) in [7, 11) is 3.22. The van der Waals surface area contributed by atoms with Crippen LogP contribution in [0.15, 0.2) is 54.1 Å². The van der Waals surface area contributed by atoms with Gasteiger partial charge in [0, 0.05) is 17.6 Å². The number of hydrogen-bond acceptors (Lipinski definition) is 3. The van der Waals surface area contributed by atoms with Crippen molar-refractivity contribution in [2.75, 3.05) is 14.2 Å². The van der Waals surface area contributed by atoms with Gasteiger partial charge in [0.15, 0.2) is 17.3 Å². The lowest BCUT2D eigenvalue weighted by atomic mass is 9.87. The molecule has 1 fully saturated rings. The number of allylic oxidation sites excluding steroid dienone is 2. The minimum Gasteiger partial charge on any atom is -0.493 e. The van der Waals surface area contributed by atoms with Gasteiger partial charge in [-0.2, -0.15) is 0 Å². The second-order valence-corrected chi connectivity index (χ2v) is 7.80. The van der Waals surface area contributed by atoms with Crippen LogP contribution in [0.5, 0.6) is 11.5 Å². The fraction of sp³-hybridized carbons (Fsp3) is 0.423. The number of methoxy groups -OCH3 is 2. The van der Waals surface area contributed by atoms with Crippen molar-refractivity contribution in [3.8, 4) is 11.5 Å². The first-order valence-corrected chi connectivity index (χ1v) is 10.7. The molecule has 4 rings (SSSR count). The Morgan fingerprint density at radius 3 is 2.21 bits per heavy atom. The summed E-state index contributed by atoms with van der Waals surface area (Å²) in [6.07, 6.45) is 10.4. The highest BCUT2D eigenvalue weighted by atomic mass is 16.5. The number of rotatable bonds is 4. The summed E-state index contributed by atoms with van der Waals surface area (Å²) in [5, 5.41) is 0. The highest BCUT2D eigenvalue weighted by molar-refractivity contribution is 6.13. The molecule has 154 valence electrons. The van der Waals surface area contributed by atoms with Crippen LogP contribution >= 0.6 is 0 Å². The van der Waals surface area contributed by atoms with Gasteiger partial charge in [-0.15, -0.1) is 0 Å². The first-order chi connectivity index (χ1) is 14.2. The maximum Gasteiger partial charge on any atom is 0.189 e. The number of carbonyl (C=O) groups excluding carboxylic acids is 1. The number of hydrogen-bond donors (Lipinski definition) is 0. The first kappa shape index (κ1) is 21.2. The number of aryl methyl sites for hydroxylation is 1. The van der Waals surface area contributed by atoms with Gasteiger partial charge in [-0.25, -0.2) is 0 Å². The molecule has 0 atom stereocenters. The van der Waals surface area contributed by atoms with Crippen molar-refractivity contribution in [1.29, 1.82) is 0 Å². The summed E-state index contributed by atoms with van der Waals surface area (Å²) in [6, 6.07) is 14.2. The second-order valence-electron chi connectivity index (χ2n) is 7.80. The summed E-state index contributed by atoms with van der Waals surface area (Å²) in [4.78, 5) is 12.6. The van der Waals surface area contributed by atoms with Gasteiger partial charge in [0.2, 0.25) is 0 Å². The van der Waals surface area contributed by atoms with Gasteiger partial charge < -0.3 is 9.47 Å². The lowest BCUT2D eigenvalue weighted by Gasteiger charge is -2.18. The monoisotopic (exact) mass is 392 g/mol. The van der Waals surface area contributed by atoms with Crippen molar-refractivity contribution in [3.63, 3.8) is 0 Å². The summed E-state index contributed by atoms with van der Waals surface area (Å²) >= 11 is 0. The van der Waals surface area contributed by atoms with Crippen LogP contribution < -0.4 is 9.47 Å². The number of benzene rings is 2. The third-order valence-electron chi connectivity index (χ3n) is 5.86. The fourth-order valence-electron chi connectivity index (χ4n) is 4.17. The van der Waals surface area contributed by atoms with Gasteiger partial charge in [-0.3, -0.25) is 4.79 Å². The molecule has 0 N–H and O–H groups in total. The predicted molar refractivity (Wildman–Crippen MR) is 118 cm³/mol. The fourth-order valence-corrected chi connectivity index (χ4v) is 4.17. The number of ether oxygens (including phenoxy) is 2. The molecule has 0 spiro atoms. The third-order valence-corrected chi connectivity index (χ3v) is 5.86. The normalized spacial score (nSPS) is 17.5. The molecule has 2 aliphatic rings. The van der Waals surface area contributed by atoms with E-state index in [0.29, 0.717) is 17.4 Å². The molecule has 29 heavy (non-hydrogen) atoms. The van der Waals surface area contributed by atoms with E-state index in [1.54, 1.807) is 14.2 Å². The second kappa shape index (κ2) is 10.3. The molecule has 2 aliphatic carbocycles. The van der Waals surface area contributed by atoms with Crippen LogP contribution in [-0.4, -0.2) is 20.0 Å². The average molecular weight is 393 g/mol. The Bertz CT molecular complexity index is 846. The van der Waals surface area contributed by atoms with E-state index in [-0.39, 0.29) is 5.78 Å². The quantitative estimate of drug-likeness (QED) is 0.581. The first-order valence-electron chi connectivity index (χ1n) is 10.7. The zero-order valence-corrected chi connectivity index (χ0v) is 17.9. The minimum atomic E-state index is 0.163. The topological polar surface area (TPSA) is 35.5 Å². The summed E-state index contributed by atoms with van der Waals surface area (Å²) < 4.78 is 10.6. The maximum atomic E-state index is 12.6. The molecule has 3 heteroatoms. The highest BCUT2D eigenvalue weighted by Crippen LogP contribution is 2.37. The predicted octanol–water partition coefficient (Wildman–Crippen LogP) is 6.20. The molecule has 0 saturated heterocycles. The van der Waals surface area contributed by atoms with Crippen LogP contribution in [0.2, 0.25) is 0 Å². The lowest BCUT2D eigenvalue weighted by Crippen LogP contribution is -2.06. The van der Waals surface area contributed by atoms with Crippen LogP contribution in [0.1, 0.15) is 60.5 Å². The molecular formula is C26H32O3. The van der Waals surface area contributed by atoms with E-state index in [4.69, 9.17) is 9.47 Å². The van der Waals surface area contributed by atoms with Crippen LogP contribution in [-0.2, 0) is 12.8 Å². The van der Waals surface area contributed by atoms with E-state index in [9.17, 15) is 4.79 Å². The molecule has 0 radical (unpaired) electrons. The van der Waals surface area contributed by atoms with Gasteiger partial charge in [0.05, 0.1) is 14.2 Å². The number of Topliss-reactive ketones (excluding diaryl/α,β-unsaturated/α-hetero) is 1. The van der Waals surface area contributed by atoms with Crippen LogP contribution in [0.3, 0.4) is 0 Å². The third kappa shape index (κ3) is 5.29. The van der Waals surface area contributed by atoms with E-state index < -0.39 is 0 Å². The van der Waals surface area contributed by atoms with E-state index in [1.165, 1.54) is 37.7 Å². The Morgan fingerprint density at radius 1 is 0.966 bits per heavy atom. The molecule has 0 aliphatic heterocycles. The zero-order valence-electron chi connectivity index (χ0n) is 17.9. The van der Waals surface area contributed by atoms with Crippen LogP contribution in [0.25, 0.3) is 0 Å². The van der Waals surface area contributed by atoms with Crippen molar-refractivity contribution in [1.82, 2.24) is 0 Å². The molecule has 0 heterocycles. The van der Waals surface area contributed by atoms with Crippen molar-refractivity contribution < 1.29 is 14.3 Å². The van der Waals surface area contributed by atoms with Crippen LogP contribution in [0, 0.1) is 5.92 Å². The average Bonchev–Trinajstić information content (AvgIpc) is 3.08. The lowest BCUT2D eigenvalue weighted by molar-refractivity contribution is 0.103. The SMILES string of the molecule is CCc1ccccc1.COc1cc2c(cc1OC)C(=O)C(=CC1CCCCC1)C2. The molecule has 0 bridgehead atoms. The molecule has 2 aromatic rings. The molecule has 2 aromatic carbocycles. The van der Waals surface area contributed by atoms with Crippen molar-refractivity contribution in [2.45, 2.75) is 51.9 Å². The van der Waals surface area contributed by atoms with Gasteiger partial charge in [-0.1, -0.05) is 62.6 Å². The Morgan fingerprint density at radius 2 is 1.62 bits per heavy atom. The summed E-state index contributed by atoms with van der Waals surface area (Å²) in [5.74, 6) is 2.07. The molecule has 0 amide bonds. The molecule has 1 saturated carbocycles. The number of ketones is 1. The molecule has 0 unspecified atom stereocenters. The van der Waals surface area contributed by atoms with Gasteiger partial charge >= 0.3 is 0 Å². The Hall–Kier alpha value is -2.55. The van der Waals surface area contributed by atoms with Crippen molar-refractivity contribution in [3.05, 3.63) is 70.8 Å². The van der Waals surface area contributed by atoms with E-state index in [2.05, 4.69) is 37.3 Å². The van der Waals surface area contributed by atoms with Crippen molar-refractivity contribution in [2.24, 2.45) is 5.92 Å². The van der Waals surface area contributed by atoms with E-state index >= 15 is 0 Å². The molecular weight excluding hydrogens is 360 g/mol. The minimum absolute atomic E-state index is 0.163. The van der Waals surface area contributed by atoms with E-state index in [0.717, 1.165) is 29.5 Å². The Balaban J connectivity index is 0.000000252. The zero-order chi connectivity index (χ0) is 20.6. The maximum absolute atomic E-state index is 12.6. The smallest absolute Gasteiger partial charge is 0.189 e. The summed E-state index contributed by atoms with van der Waals surface area (Å²) in [6.45, 7) is 2.16. The van der Waals surface area contributed by atoms with Gasteiger partial charge in [-0.05, 0) is 48.4 Å². The Labute approximate surface area is 174 Å². The standard InChI is InChI=1S/C18H22O3.C8H10/c1-20-16-10-13-9-14(8-12-6-4-3-5-7-12)18(19)15(13)11-17(16)21-2;1-2-8-6-4-3-5-7-8/h8,10-12H,3-7,9H2,1-2H3;3-7H,2H2,1H3. The largest absolute Gasteiger partial charge is 0.493 e. The number of carbonyl (C=O) groups is 1. The van der Waals surface area contributed by atoms with Gasteiger partial charge in [0.25, 0.3) is 0 Å². The highest BCUT2D eigenvalue weighted by Gasteiger charge is 2.28. The Kier molecular flexibility index (Phi) is 7.51. The molecule has 3 nitrogen and oxygen atoms in total. The summed E-state index contributed by atoms with van der Waals surface area (Å²) in [5.41, 5.74) is 4.19. The van der Waals surface area contributed by atoms with Crippen LogP contribution in [0.4, 0.5) is 0 Å². The number of fused-ring (bicyclic) bond motifs is 1. The van der Waals surface area contributed by atoms with Gasteiger partial charge in [0.1, 0.15) is 0 Å².